The summed E-state index contributed by atoms with van der Waals surface area (Å²) >= 11 is 7.50. The van der Waals surface area contributed by atoms with E-state index in [4.69, 9.17) is 16.0 Å². The number of carbonyl (C=O) groups excluding carboxylic acids is 1. The van der Waals surface area contributed by atoms with Gasteiger partial charge >= 0.3 is 0 Å². The number of hydrogen-bond donors (Lipinski definition) is 1. The number of halogens is 1. The average molecular weight is 450 g/mol. The van der Waals surface area contributed by atoms with Crippen molar-refractivity contribution in [2.24, 2.45) is 0 Å². The van der Waals surface area contributed by atoms with Crippen molar-refractivity contribution in [3.63, 3.8) is 0 Å². The molecule has 0 bridgehead atoms. The number of rotatable bonds is 5. The molecule has 0 aliphatic heterocycles. The average Bonchev–Trinajstić information content (AvgIpc) is 3.50. The Morgan fingerprint density at radius 3 is 2.71 bits per heavy atom. The smallest absolute Gasteiger partial charge is 0.291 e. The van der Waals surface area contributed by atoms with Crippen LogP contribution in [-0.2, 0) is 6.42 Å². The van der Waals surface area contributed by atoms with Crippen LogP contribution in [-0.4, -0.2) is 25.7 Å². The second-order valence-electron chi connectivity index (χ2n) is 6.78. The zero-order valence-corrected chi connectivity index (χ0v) is 17.9. The number of aryl methyl sites for hydroxylation is 1. The molecule has 0 saturated heterocycles. The summed E-state index contributed by atoms with van der Waals surface area (Å²) < 4.78 is 7.47. The van der Waals surface area contributed by atoms with Gasteiger partial charge in [-0.15, -0.1) is 10.2 Å². The molecule has 0 aliphatic rings. The van der Waals surface area contributed by atoms with E-state index in [1.54, 1.807) is 28.8 Å². The van der Waals surface area contributed by atoms with Crippen molar-refractivity contribution in [2.45, 2.75) is 13.3 Å². The summed E-state index contributed by atoms with van der Waals surface area (Å²) in [7, 11) is 0. The summed E-state index contributed by atoms with van der Waals surface area (Å²) in [5.74, 6) is 1.31. The van der Waals surface area contributed by atoms with Gasteiger partial charge in [0.15, 0.2) is 11.6 Å². The quantitative estimate of drug-likeness (QED) is 0.378. The molecule has 0 unspecified atom stereocenters. The Morgan fingerprint density at radius 2 is 1.94 bits per heavy atom. The fourth-order valence-corrected chi connectivity index (χ4v) is 4.19. The standard InChI is InChI=1S/C22H16ClN5O2S/c1-2-19-25-26-22-28(19)27-21(31-22)13-6-8-16(9-7-13)24-20(29)18-11-10-17(30-18)14-4-3-5-15(23)12-14/h3-12H,2H2,1H3,(H,24,29). The van der Waals surface area contributed by atoms with E-state index >= 15 is 0 Å². The number of aromatic nitrogens is 4. The lowest BCUT2D eigenvalue weighted by molar-refractivity contribution is 0.0997. The summed E-state index contributed by atoms with van der Waals surface area (Å²) in [5, 5.41) is 17.1. The number of amides is 1. The van der Waals surface area contributed by atoms with Gasteiger partial charge in [0.2, 0.25) is 4.96 Å². The first kappa shape index (κ1) is 19.5. The second-order valence-corrected chi connectivity index (χ2v) is 8.17. The van der Waals surface area contributed by atoms with Gasteiger partial charge in [-0.1, -0.05) is 42.0 Å². The first-order valence-corrected chi connectivity index (χ1v) is 10.8. The van der Waals surface area contributed by atoms with E-state index in [-0.39, 0.29) is 11.7 Å². The van der Waals surface area contributed by atoms with Gasteiger partial charge in [-0.25, -0.2) is 0 Å². The lowest BCUT2D eigenvalue weighted by atomic mass is 10.2. The number of fused-ring (bicyclic) bond motifs is 1. The molecule has 5 aromatic rings. The topological polar surface area (TPSA) is 85.3 Å². The maximum atomic E-state index is 12.6. The van der Waals surface area contributed by atoms with Gasteiger partial charge in [0.1, 0.15) is 10.8 Å². The van der Waals surface area contributed by atoms with E-state index in [0.717, 1.165) is 33.3 Å². The Kier molecular flexibility index (Phi) is 5.01. The number of benzene rings is 2. The number of hydrogen-bond acceptors (Lipinski definition) is 6. The largest absolute Gasteiger partial charge is 0.451 e. The molecule has 0 spiro atoms. The highest BCUT2D eigenvalue weighted by Gasteiger charge is 2.14. The van der Waals surface area contributed by atoms with Crippen molar-refractivity contribution in [3.8, 4) is 21.9 Å². The Morgan fingerprint density at radius 1 is 1.10 bits per heavy atom. The van der Waals surface area contributed by atoms with Crippen molar-refractivity contribution in [3.05, 3.63) is 77.3 Å². The van der Waals surface area contributed by atoms with Crippen molar-refractivity contribution < 1.29 is 9.21 Å². The minimum absolute atomic E-state index is 0.222. The van der Waals surface area contributed by atoms with Crippen LogP contribution in [0.5, 0.6) is 0 Å². The zero-order valence-electron chi connectivity index (χ0n) is 16.4. The summed E-state index contributed by atoms with van der Waals surface area (Å²) in [6, 6.07) is 18.2. The van der Waals surface area contributed by atoms with Crippen LogP contribution in [0.2, 0.25) is 5.02 Å². The number of nitrogens with one attached hydrogen (secondary N) is 1. The van der Waals surface area contributed by atoms with Crippen LogP contribution in [0.1, 0.15) is 23.3 Å². The Hall–Kier alpha value is -3.49. The van der Waals surface area contributed by atoms with Gasteiger partial charge in [0.25, 0.3) is 5.91 Å². The predicted octanol–water partition coefficient (Wildman–Crippen LogP) is 5.58. The molecule has 0 saturated carbocycles. The van der Waals surface area contributed by atoms with Gasteiger partial charge in [-0.3, -0.25) is 4.79 Å². The van der Waals surface area contributed by atoms with Crippen LogP contribution in [0.15, 0.2) is 65.1 Å². The number of furan rings is 1. The third-order valence-corrected chi connectivity index (χ3v) is 5.88. The molecule has 7 nitrogen and oxygen atoms in total. The number of anilines is 1. The summed E-state index contributed by atoms with van der Waals surface area (Å²) in [4.78, 5) is 13.3. The lowest BCUT2D eigenvalue weighted by Crippen LogP contribution is -2.10. The van der Waals surface area contributed by atoms with Crippen LogP contribution < -0.4 is 5.32 Å². The highest BCUT2D eigenvalue weighted by molar-refractivity contribution is 7.19. The maximum Gasteiger partial charge on any atom is 0.291 e. The number of carbonyl (C=O) groups is 1. The van der Waals surface area contributed by atoms with Gasteiger partial charge < -0.3 is 9.73 Å². The highest BCUT2D eigenvalue weighted by Crippen LogP contribution is 2.28. The van der Waals surface area contributed by atoms with E-state index in [2.05, 4.69) is 20.6 Å². The summed E-state index contributed by atoms with van der Waals surface area (Å²) in [5.41, 5.74) is 2.41. The van der Waals surface area contributed by atoms with Crippen molar-refractivity contribution >= 4 is 39.5 Å². The molecule has 0 atom stereocenters. The van der Waals surface area contributed by atoms with Crippen LogP contribution in [0.3, 0.4) is 0 Å². The van der Waals surface area contributed by atoms with Crippen LogP contribution in [0, 0.1) is 0 Å². The number of nitrogens with zero attached hydrogens (tertiary/aromatic N) is 4. The zero-order chi connectivity index (χ0) is 21.4. The SMILES string of the molecule is CCc1nnc2sc(-c3ccc(NC(=O)c4ccc(-c5cccc(Cl)c5)o4)cc3)nn12. The molecule has 1 amide bonds. The van der Waals surface area contributed by atoms with E-state index in [0.29, 0.717) is 16.5 Å². The molecular formula is C22H16ClN5O2S. The van der Waals surface area contributed by atoms with Crippen LogP contribution in [0.4, 0.5) is 5.69 Å². The molecule has 1 N–H and O–H groups in total. The van der Waals surface area contributed by atoms with Gasteiger partial charge in [0.05, 0.1) is 0 Å². The second kappa shape index (κ2) is 7.98. The van der Waals surface area contributed by atoms with Gasteiger partial charge in [-0.2, -0.15) is 9.61 Å². The molecule has 0 fully saturated rings. The van der Waals surface area contributed by atoms with E-state index < -0.39 is 0 Å². The predicted molar refractivity (Wildman–Crippen MR) is 121 cm³/mol. The third kappa shape index (κ3) is 3.83. The van der Waals surface area contributed by atoms with Crippen molar-refractivity contribution in [1.82, 2.24) is 19.8 Å². The van der Waals surface area contributed by atoms with E-state index in [1.807, 2.05) is 43.3 Å². The van der Waals surface area contributed by atoms with E-state index in [9.17, 15) is 4.79 Å². The monoisotopic (exact) mass is 449 g/mol. The minimum atomic E-state index is -0.326. The Labute approximate surface area is 186 Å². The molecule has 3 aromatic heterocycles. The van der Waals surface area contributed by atoms with Gasteiger partial charge in [0, 0.05) is 28.3 Å². The van der Waals surface area contributed by atoms with Crippen LogP contribution >= 0.6 is 22.9 Å². The summed E-state index contributed by atoms with van der Waals surface area (Å²) in [6.45, 7) is 2.02. The fraction of sp³-hybridized carbons (Fsp3) is 0.0909. The molecule has 0 aliphatic carbocycles. The first-order chi connectivity index (χ1) is 15.1. The van der Waals surface area contributed by atoms with Crippen LogP contribution in [0.25, 0.3) is 26.9 Å². The third-order valence-electron chi connectivity index (χ3n) is 4.70. The van der Waals surface area contributed by atoms with Gasteiger partial charge in [-0.05, 0) is 48.5 Å². The molecular weight excluding hydrogens is 434 g/mol. The highest BCUT2D eigenvalue weighted by atomic mass is 35.5. The lowest BCUT2D eigenvalue weighted by Gasteiger charge is -2.04. The molecule has 5 rings (SSSR count). The van der Waals surface area contributed by atoms with E-state index in [1.165, 1.54) is 11.3 Å². The summed E-state index contributed by atoms with van der Waals surface area (Å²) in [6.07, 6.45) is 0.765. The molecule has 0 radical (unpaired) electrons. The van der Waals surface area contributed by atoms with Crippen molar-refractivity contribution in [1.29, 1.82) is 0 Å². The van der Waals surface area contributed by atoms with Crippen molar-refractivity contribution in [2.75, 3.05) is 5.32 Å². The molecule has 31 heavy (non-hydrogen) atoms. The maximum absolute atomic E-state index is 12.6. The Bertz CT molecular complexity index is 1390. The molecule has 2 aromatic carbocycles. The minimum Gasteiger partial charge on any atom is -0.451 e. The fourth-order valence-electron chi connectivity index (χ4n) is 3.14. The Balaban J connectivity index is 1.31. The molecule has 154 valence electrons. The molecule has 9 heteroatoms. The first-order valence-electron chi connectivity index (χ1n) is 9.59. The normalized spacial score (nSPS) is 11.2. The molecule has 3 heterocycles.